The molecular formula is C15H22N2O3. The van der Waals surface area contributed by atoms with Crippen LogP contribution in [0.1, 0.15) is 44.9 Å². The SMILES string of the molecule is C#CCN(CC1CC1)C(=O)NC1(C(=O)O)CCCCC1. The minimum Gasteiger partial charge on any atom is -0.480 e. The number of terminal acetylenes is 1. The van der Waals surface area contributed by atoms with Gasteiger partial charge in [-0.2, -0.15) is 0 Å². The Morgan fingerprint density at radius 2 is 1.95 bits per heavy atom. The van der Waals surface area contributed by atoms with Crippen LogP contribution in [0.3, 0.4) is 0 Å². The van der Waals surface area contributed by atoms with Gasteiger partial charge in [-0.05, 0) is 31.6 Å². The third kappa shape index (κ3) is 3.44. The summed E-state index contributed by atoms with van der Waals surface area (Å²) in [5, 5.41) is 12.2. The van der Waals surface area contributed by atoms with E-state index in [-0.39, 0.29) is 12.6 Å². The molecule has 0 spiro atoms. The molecule has 5 nitrogen and oxygen atoms in total. The van der Waals surface area contributed by atoms with Gasteiger partial charge in [0, 0.05) is 6.54 Å². The van der Waals surface area contributed by atoms with E-state index >= 15 is 0 Å². The minimum atomic E-state index is -1.11. The Balaban J connectivity index is 2.01. The fourth-order valence-electron chi connectivity index (χ4n) is 2.77. The van der Waals surface area contributed by atoms with Gasteiger partial charge in [0.05, 0.1) is 6.54 Å². The largest absolute Gasteiger partial charge is 0.480 e. The lowest BCUT2D eigenvalue weighted by Gasteiger charge is -2.35. The molecule has 2 saturated carbocycles. The highest BCUT2D eigenvalue weighted by molar-refractivity contribution is 5.86. The maximum Gasteiger partial charge on any atom is 0.329 e. The smallest absolute Gasteiger partial charge is 0.329 e. The topological polar surface area (TPSA) is 69.6 Å². The number of carboxylic acids is 1. The van der Waals surface area contributed by atoms with Crippen LogP contribution in [0.15, 0.2) is 0 Å². The van der Waals surface area contributed by atoms with Crippen molar-refractivity contribution in [1.29, 1.82) is 0 Å². The predicted molar refractivity (Wildman–Crippen MR) is 75.1 cm³/mol. The molecule has 0 aromatic carbocycles. The van der Waals surface area contributed by atoms with Crippen molar-refractivity contribution in [1.82, 2.24) is 10.2 Å². The number of amides is 2. The number of aliphatic carboxylic acids is 1. The average Bonchev–Trinajstić information content (AvgIpc) is 3.23. The summed E-state index contributed by atoms with van der Waals surface area (Å²) in [7, 11) is 0. The molecule has 0 heterocycles. The standard InChI is InChI=1S/C15H22N2O3/c1-2-10-17(11-12-6-7-12)14(20)16-15(13(18)19)8-4-3-5-9-15/h1,12H,3-11H2,(H,16,20)(H,18,19). The Morgan fingerprint density at radius 1 is 1.30 bits per heavy atom. The van der Waals surface area contributed by atoms with Crippen molar-refractivity contribution in [3.8, 4) is 12.3 Å². The Bertz CT molecular complexity index is 417. The van der Waals surface area contributed by atoms with Crippen LogP contribution in [0.4, 0.5) is 4.79 Å². The summed E-state index contributed by atoms with van der Waals surface area (Å²) in [6, 6.07) is -0.334. The second-order valence-electron chi connectivity index (χ2n) is 5.91. The molecule has 2 aliphatic carbocycles. The number of hydrogen-bond donors (Lipinski definition) is 2. The van der Waals surface area contributed by atoms with Crippen molar-refractivity contribution < 1.29 is 14.7 Å². The molecule has 0 aliphatic heterocycles. The number of rotatable bonds is 5. The number of carboxylic acid groups (broad SMARTS) is 1. The Kier molecular flexibility index (Phi) is 4.53. The van der Waals surface area contributed by atoms with Crippen molar-refractivity contribution in [2.75, 3.05) is 13.1 Å². The van der Waals surface area contributed by atoms with Gasteiger partial charge in [-0.15, -0.1) is 6.42 Å². The van der Waals surface area contributed by atoms with Crippen LogP contribution in [0.25, 0.3) is 0 Å². The first-order valence-electron chi connectivity index (χ1n) is 7.31. The minimum absolute atomic E-state index is 0.234. The van der Waals surface area contributed by atoms with E-state index in [2.05, 4.69) is 11.2 Å². The molecule has 0 radical (unpaired) electrons. The van der Waals surface area contributed by atoms with Crippen LogP contribution in [0.2, 0.25) is 0 Å². The zero-order valence-corrected chi connectivity index (χ0v) is 11.7. The van der Waals surface area contributed by atoms with E-state index in [0.717, 1.165) is 32.1 Å². The zero-order valence-electron chi connectivity index (χ0n) is 11.7. The summed E-state index contributed by atoms with van der Waals surface area (Å²) in [4.78, 5) is 25.4. The number of urea groups is 1. The lowest BCUT2D eigenvalue weighted by atomic mass is 9.82. The monoisotopic (exact) mass is 278 g/mol. The van der Waals surface area contributed by atoms with Crippen LogP contribution in [0.5, 0.6) is 0 Å². The molecule has 2 N–H and O–H groups in total. The first kappa shape index (κ1) is 14.7. The molecule has 20 heavy (non-hydrogen) atoms. The number of nitrogens with one attached hydrogen (secondary N) is 1. The Morgan fingerprint density at radius 3 is 2.45 bits per heavy atom. The van der Waals surface area contributed by atoms with Gasteiger partial charge in [0.15, 0.2) is 0 Å². The number of nitrogens with zero attached hydrogens (tertiary/aromatic N) is 1. The summed E-state index contributed by atoms with van der Waals surface area (Å²) in [5.74, 6) is 2.07. The van der Waals surface area contributed by atoms with Gasteiger partial charge in [-0.3, -0.25) is 0 Å². The molecule has 2 fully saturated rings. The van der Waals surface area contributed by atoms with Gasteiger partial charge < -0.3 is 15.3 Å². The highest BCUT2D eigenvalue weighted by atomic mass is 16.4. The summed E-state index contributed by atoms with van der Waals surface area (Å²) < 4.78 is 0. The van der Waals surface area contributed by atoms with Gasteiger partial charge in [0.1, 0.15) is 5.54 Å². The van der Waals surface area contributed by atoms with Crippen molar-refractivity contribution >= 4 is 12.0 Å². The molecule has 0 saturated heterocycles. The van der Waals surface area contributed by atoms with E-state index in [1.165, 1.54) is 0 Å². The molecule has 2 aliphatic rings. The highest BCUT2D eigenvalue weighted by Gasteiger charge is 2.42. The fourth-order valence-corrected chi connectivity index (χ4v) is 2.77. The summed E-state index contributed by atoms with van der Waals surface area (Å²) in [6.45, 7) is 0.865. The third-order valence-electron chi connectivity index (χ3n) is 4.21. The second-order valence-corrected chi connectivity index (χ2v) is 5.91. The quantitative estimate of drug-likeness (QED) is 0.754. The highest BCUT2D eigenvalue weighted by Crippen LogP contribution is 2.31. The molecule has 0 atom stereocenters. The first-order valence-corrected chi connectivity index (χ1v) is 7.31. The van der Waals surface area contributed by atoms with Crippen molar-refractivity contribution in [3.63, 3.8) is 0 Å². The van der Waals surface area contributed by atoms with Gasteiger partial charge in [0.2, 0.25) is 0 Å². The van der Waals surface area contributed by atoms with Crippen LogP contribution in [-0.4, -0.2) is 40.6 Å². The van der Waals surface area contributed by atoms with Gasteiger partial charge in [-0.1, -0.05) is 25.2 Å². The number of carbonyl (C=O) groups is 2. The van der Waals surface area contributed by atoms with E-state index in [1.54, 1.807) is 4.90 Å². The van der Waals surface area contributed by atoms with E-state index in [1.807, 2.05) is 0 Å². The van der Waals surface area contributed by atoms with E-state index in [4.69, 9.17) is 6.42 Å². The molecule has 2 rings (SSSR count). The molecular weight excluding hydrogens is 256 g/mol. The normalized spacial score (nSPS) is 20.8. The van der Waals surface area contributed by atoms with E-state index < -0.39 is 11.5 Å². The van der Waals surface area contributed by atoms with Gasteiger partial charge in [-0.25, -0.2) is 9.59 Å². The predicted octanol–water partition coefficient (Wildman–Crippen LogP) is 1.83. The maximum atomic E-state index is 12.3. The summed E-state index contributed by atoms with van der Waals surface area (Å²) in [6.07, 6.45) is 11.3. The first-order chi connectivity index (χ1) is 9.57. The summed E-state index contributed by atoms with van der Waals surface area (Å²) in [5.41, 5.74) is -1.11. The number of carbonyl (C=O) groups excluding carboxylic acids is 1. The molecule has 0 aromatic rings. The lowest BCUT2D eigenvalue weighted by molar-refractivity contribution is -0.145. The molecule has 0 aromatic heterocycles. The number of hydrogen-bond acceptors (Lipinski definition) is 2. The van der Waals surface area contributed by atoms with Crippen molar-refractivity contribution in [2.45, 2.75) is 50.5 Å². The molecule has 2 amide bonds. The van der Waals surface area contributed by atoms with Crippen molar-refractivity contribution in [3.05, 3.63) is 0 Å². The van der Waals surface area contributed by atoms with E-state index in [0.29, 0.717) is 25.3 Å². The zero-order chi connectivity index (χ0) is 14.6. The van der Waals surface area contributed by atoms with Gasteiger partial charge in [0.25, 0.3) is 0 Å². The van der Waals surface area contributed by atoms with Crippen LogP contribution in [-0.2, 0) is 4.79 Å². The molecule has 0 bridgehead atoms. The Labute approximate surface area is 119 Å². The fraction of sp³-hybridized carbons (Fsp3) is 0.733. The van der Waals surface area contributed by atoms with E-state index in [9.17, 15) is 14.7 Å². The van der Waals surface area contributed by atoms with Crippen LogP contribution < -0.4 is 5.32 Å². The van der Waals surface area contributed by atoms with Crippen LogP contribution >= 0.6 is 0 Å². The maximum absolute atomic E-state index is 12.3. The molecule has 0 unspecified atom stereocenters. The van der Waals surface area contributed by atoms with Gasteiger partial charge >= 0.3 is 12.0 Å². The third-order valence-corrected chi connectivity index (χ3v) is 4.21. The van der Waals surface area contributed by atoms with Crippen LogP contribution in [0, 0.1) is 18.3 Å². The second kappa shape index (κ2) is 6.17. The Hall–Kier alpha value is -1.70. The lowest BCUT2D eigenvalue weighted by Crippen LogP contribution is -2.59. The van der Waals surface area contributed by atoms with Crippen molar-refractivity contribution in [2.24, 2.45) is 5.92 Å². The molecule has 110 valence electrons. The summed E-state index contributed by atoms with van der Waals surface area (Å²) >= 11 is 0. The molecule has 5 heteroatoms. The average molecular weight is 278 g/mol.